The van der Waals surface area contributed by atoms with E-state index in [1.807, 2.05) is 13.8 Å². The standard InChI is InChI=1S/C17H31N3O2/c1-6-21-14(4)16-18-15(22-19-16)12-20-9-7-17(5,8-10-20)11-13(2)3/h13-14H,6-12H2,1-5H3. The largest absolute Gasteiger partial charge is 0.371 e. The van der Waals surface area contributed by atoms with Gasteiger partial charge in [0, 0.05) is 6.61 Å². The molecule has 1 aliphatic rings. The van der Waals surface area contributed by atoms with Crippen LogP contribution in [0.4, 0.5) is 0 Å². The van der Waals surface area contributed by atoms with Crippen molar-refractivity contribution in [1.29, 1.82) is 0 Å². The van der Waals surface area contributed by atoms with Crippen molar-refractivity contribution in [2.24, 2.45) is 11.3 Å². The molecular formula is C17H31N3O2. The van der Waals surface area contributed by atoms with Gasteiger partial charge in [-0.1, -0.05) is 25.9 Å². The molecule has 0 aliphatic carbocycles. The van der Waals surface area contributed by atoms with E-state index in [0.717, 1.165) is 25.6 Å². The molecule has 1 unspecified atom stereocenters. The van der Waals surface area contributed by atoms with Crippen molar-refractivity contribution in [2.45, 2.75) is 66.5 Å². The van der Waals surface area contributed by atoms with Crippen molar-refractivity contribution in [1.82, 2.24) is 15.0 Å². The van der Waals surface area contributed by atoms with Crippen LogP contribution in [0.3, 0.4) is 0 Å². The predicted molar refractivity (Wildman–Crippen MR) is 86.4 cm³/mol. The number of hydrogen-bond acceptors (Lipinski definition) is 5. The van der Waals surface area contributed by atoms with Gasteiger partial charge in [0.05, 0.1) is 6.54 Å². The smallest absolute Gasteiger partial charge is 0.240 e. The van der Waals surface area contributed by atoms with E-state index in [-0.39, 0.29) is 6.10 Å². The van der Waals surface area contributed by atoms with Crippen LogP contribution in [0.5, 0.6) is 0 Å². The van der Waals surface area contributed by atoms with Crippen LogP contribution in [0.1, 0.15) is 71.7 Å². The van der Waals surface area contributed by atoms with E-state index in [4.69, 9.17) is 9.26 Å². The molecule has 0 amide bonds. The number of aromatic nitrogens is 2. The molecule has 1 atom stereocenters. The van der Waals surface area contributed by atoms with Gasteiger partial charge >= 0.3 is 0 Å². The predicted octanol–water partition coefficient (Wildman–Crippen LogP) is 3.82. The fourth-order valence-electron chi connectivity index (χ4n) is 3.45. The Morgan fingerprint density at radius 1 is 1.27 bits per heavy atom. The van der Waals surface area contributed by atoms with Gasteiger partial charge in [0.1, 0.15) is 6.10 Å². The highest BCUT2D eigenvalue weighted by Gasteiger charge is 2.31. The summed E-state index contributed by atoms with van der Waals surface area (Å²) in [5.74, 6) is 2.13. The molecule has 126 valence electrons. The molecule has 0 N–H and O–H groups in total. The number of nitrogens with zero attached hydrogens (tertiary/aromatic N) is 3. The van der Waals surface area contributed by atoms with Crippen LogP contribution in [0.25, 0.3) is 0 Å². The molecule has 0 bridgehead atoms. The first kappa shape index (κ1) is 17.4. The van der Waals surface area contributed by atoms with Crippen LogP contribution < -0.4 is 0 Å². The first-order valence-electron chi connectivity index (χ1n) is 8.58. The van der Waals surface area contributed by atoms with Gasteiger partial charge in [-0.25, -0.2) is 0 Å². The van der Waals surface area contributed by atoms with Gasteiger partial charge in [0.2, 0.25) is 5.89 Å². The van der Waals surface area contributed by atoms with E-state index in [9.17, 15) is 0 Å². The second-order valence-electron chi connectivity index (χ2n) is 7.33. The van der Waals surface area contributed by atoms with Crippen LogP contribution in [0.15, 0.2) is 4.52 Å². The summed E-state index contributed by atoms with van der Waals surface area (Å²) in [6.07, 6.45) is 3.72. The van der Waals surface area contributed by atoms with Gasteiger partial charge in [-0.3, -0.25) is 4.90 Å². The van der Waals surface area contributed by atoms with Gasteiger partial charge in [0.15, 0.2) is 5.82 Å². The highest BCUT2D eigenvalue weighted by Crippen LogP contribution is 2.37. The number of ether oxygens (including phenoxy) is 1. The lowest BCUT2D eigenvalue weighted by Gasteiger charge is -2.40. The maximum Gasteiger partial charge on any atom is 0.240 e. The van der Waals surface area contributed by atoms with E-state index < -0.39 is 0 Å². The van der Waals surface area contributed by atoms with Gasteiger partial charge < -0.3 is 9.26 Å². The summed E-state index contributed by atoms with van der Waals surface area (Å²) < 4.78 is 10.9. The van der Waals surface area contributed by atoms with Crippen LogP contribution in [-0.4, -0.2) is 34.7 Å². The second-order valence-corrected chi connectivity index (χ2v) is 7.33. The van der Waals surface area contributed by atoms with Gasteiger partial charge in [-0.15, -0.1) is 0 Å². The molecule has 0 radical (unpaired) electrons. The van der Waals surface area contributed by atoms with Crippen LogP contribution >= 0.6 is 0 Å². The quantitative estimate of drug-likeness (QED) is 0.766. The third-order valence-electron chi connectivity index (χ3n) is 4.59. The highest BCUT2D eigenvalue weighted by atomic mass is 16.5. The number of hydrogen-bond donors (Lipinski definition) is 0. The Labute approximate surface area is 134 Å². The topological polar surface area (TPSA) is 51.4 Å². The van der Waals surface area contributed by atoms with Crippen LogP contribution in [0, 0.1) is 11.3 Å². The average Bonchev–Trinajstić information content (AvgIpc) is 2.89. The Kier molecular flexibility index (Phi) is 5.98. The second kappa shape index (κ2) is 7.55. The Morgan fingerprint density at radius 3 is 2.55 bits per heavy atom. The minimum Gasteiger partial charge on any atom is -0.371 e. The monoisotopic (exact) mass is 309 g/mol. The summed E-state index contributed by atoms with van der Waals surface area (Å²) in [6, 6.07) is 0. The van der Waals surface area contributed by atoms with Crippen molar-refractivity contribution in [2.75, 3.05) is 19.7 Å². The van der Waals surface area contributed by atoms with Gasteiger partial charge in [-0.2, -0.15) is 4.98 Å². The molecule has 1 aromatic rings. The molecule has 1 fully saturated rings. The zero-order valence-corrected chi connectivity index (χ0v) is 14.8. The zero-order valence-electron chi connectivity index (χ0n) is 14.8. The third-order valence-corrected chi connectivity index (χ3v) is 4.59. The molecule has 2 heterocycles. The maximum atomic E-state index is 5.50. The van der Waals surface area contributed by atoms with Crippen molar-refractivity contribution >= 4 is 0 Å². The molecule has 2 rings (SSSR count). The molecule has 5 heteroatoms. The molecule has 0 saturated carbocycles. The summed E-state index contributed by atoms with van der Waals surface area (Å²) in [5, 5.41) is 4.03. The number of piperidine rings is 1. The van der Waals surface area contributed by atoms with Crippen molar-refractivity contribution in [3.05, 3.63) is 11.7 Å². The highest BCUT2D eigenvalue weighted by molar-refractivity contribution is 4.91. The molecule has 1 aromatic heterocycles. The minimum absolute atomic E-state index is 0.0989. The van der Waals surface area contributed by atoms with Gasteiger partial charge in [0.25, 0.3) is 0 Å². The van der Waals surface area contributed by atoms with Crippen molar-refractivity contribution in [3.63, 3.8) is 0 Å². The lowest BCUT2D eigenvalue weighted by Crippen LogP contribution is -2.38. The van der Waals surface area contributed by atoms with Crippen molar-refractivity contribution in [3.8, 4) is 0 Å². The third kappa shape index (κ3) is 4.78. The summed E-state index contributed by atoms with van der Waals surface area (Å²) >= 11 is 0. The first-order valence-corrected chi connectivity index (χ1v) is 8.58. The lowest BCUT2D eigenvalue weighted by atomic mass is 9.74. The Morgan fingerprint density at radius 2 is 1.95 bits per heavy atom. The summed E-state index contributed by atoms with van der Waals surface area (Å²) in [5.41, 5.74) is 0.494. The summed E-state index contributed by atoms with van der Waals surface area (Å²) in [4.78, 5) is 6.88. The molecule has 0 spiro atoms. The van der Waals surface area contributed by atoms with Gasteiger partial charge in [-0.05, 0) is 57.5 Å². The molecular weight excluding hydrogens is 278 g/mol. The van der Waals surface area contributed by atoms with E-state index >= 15 is 0 Å². The SMILES string of the molecule is CCOC(C)c1noc(CN2CCC(C)(CC(C)C)CC2)n1. The molecule has 0 aromatic carbocycles. The first-order chi connectivity index (χ1) is 10.4. The Hall–Kier alpha value is -0.940. The van der Waals surface area contributed by atoms with Crippen molar-refractivity contribution < 1.29 is 9.26 Å². The number of likely N-dealkylation sites (tertiary alicyclic amines) is 1. The summed E-state index contributed by atoms with van der Waals surface area (Å²) in [7, 11) is 0. The van der Waals surface area contributed by atoms with Crippen LogP contribution in [-0.2, 0) is 11.3 Å². The molecule has 1 aliphatic heterocycles. The zero-order chi connectivity index (χ0) is 16.2. The number of rotatable bonds is 7. The molecule has 22 heavy (non-hydrogen) atoms. The lowest BCUT2D eigenvalue weighted by molar-refractivity contribution is 0.0682. The molecule has 1 saturated heterocycles. The van der Waals surface area contributed by atoms with E-state index in [2.05, 4.69) is 35.8 Å². The average molecular weight is 309 g/mol. The van der Waals surface area contributed by atoms with E-state index in [1.165, 1.54) is 19.3 Å². The Bertz CT molecular complexity index is 451. The maximum absolute atomic E-state index is 5.50. The minimum atomic E-state index is -0.0989. The van der Waals surface area contributed by atoms with E-state index in [1.54, 1.807) is 0 Å². The Balaban J connectivity index is 1.83. The fourth-order valence-corrected chi connectivity index (χ4v) is 3.45. The molecule has 5 nitrogen and oxygen atoms in total. The van der Waals surface area contributed by atoms with E-state index in [0.29, 0.717) is 23.7 Å². The van der Waals surface area contributed by atoms with Crippen LogP contribution in [0.2, 0.25) is 0 Å². The normalized spacial score (nSPS) is 20.5. The summed E-state index contributed by atoms with van der Waals surface area (Å²) in [6.45, 7) is 14.6. The fraction of sp³-hybridized carbons (Fsp3) is 0.882.